The van der Waals surface area contributed by atoms with Gasteiger partial charge in [0.25, 0.3) is 0 Å². The lowest BCUT2D eigenvalue weighted by Crippen LogP contribution is -2.37. The quantitative estimate of drug-likeness (QED) is 0.801. The Morgan fingerprint density at radius 3 is 2.67 bits per heavy atom. The third-order valence-corrected chi connectivity index (χ3v) is 5.58. The van der Waals surface area contributed by atoms with Gasteiger partial charge in [-0.3, -0.25) is 14.5 Å². The molecule has 3 rings (SSSR count). The Balaban J connectivity index is 2.18. The Bertz CT molecular complexity index is 986. The number of nitrogens with two attached hydrogens (primary N) is 1. The number of carboxylic acid groups (broad SMARTS) is 1. The van der Waals surface area contributed by atoms with Gasteiger partial charge < -0.3 is 15.6 Å². The molecule has 8 nitrogen and oxygen atoms in total. The molecule has 0 aromatic heterocycles. The van der Waals surface area contributed by atoms with Gasteiger partial charge in [0.15, 0.2) is 0 Å². The van der Waals surface area contributed by atoms with E-state index < -0.39 is 29.5 Å². The van der Waals surface area contributed by atoms with E-state index in [2.05, 4.69) is 6.07 Å². The van der Waals surface area contributed by atoms with Crippen LogP contribution < -0.4 is 10.5 Å². The number of allylic oxidation sites excluding steroid dienone is 2. The molecule has 2 heterocycles. The first-order valence-electron chi connectivity index (χ1n) is 7.83. The normalized spacial score (nSPS) is 21.6. The molecule has 2 aliphatic heterocycles. The number of nitrogens with zero attached hydrogens (tertiary/aromatic N) is 3. The number of ether oxygens (including phenoxy) is 1. The molecule has 2 unspecified atom stereocenters. The van der Waals surface area contributed by atoms with Crippen LogP contribution in [0.2, 0.25) is 0 Å². The highest BCUT2D eigenvalue weighted by Gasteiger charge is 2.47. The van der Waals surface area contributed by atoms with Gasteiger partial charge in [-0.15, -0.1) is 0 Å². The van der Waals surface area contributed by atoms with Crippen molar-refractivity contribution in [3.63, 3.8) is 0 Å². The van der Waals surface area contributed by atoms with Crippen molar-refractivity contribution < 1.29 is 19.4 Å². The summed E-state index contributed by atoms with van der Waals surface area (Å²) < 4.78 is 5.21. The number of thioether (sulfide) groups is 1. The molecule has 0 radical (unpaired) electrons. The second kappa shape index (κ2) is 7.06. The third-order valence-electron chi connectivity index (χ3n) is 4.31. The van der Waals surface area contributed by atoms with Crippen molar-refractivity contribution in [1.29, 1.82) is 10.5 Å². The number of carbonyl (C=O) groups is 2. The van der Waals surface area contributed by atoms with Crippen LogP contribution in [0, 0.1) is 22.7 Å². The fourth-order valence-corrected chi connectivity index (χ4v) is 4.39. The Morgan fingerprint density at radius 1 is 1.37 bits per heavy atom. The molecule has 2 aliphatic rings. The molecule has 9 heteroatoms. The van der Waals surface area contributed by atoms with Gasteiger partial charge in [-0.2, -0.15) is 10.5 Å². The SMILES string of the molecule is COc1cccc(C2C(C#N)=C(N)N3C(=O)C(CC(=O)O)SC3=C2C#N)c1. The van der Waals surface area contributed by atoms with Crippen LogP contribution in [-0.4, -0.2) is 34.2 Å². The summed E-state index contributed by atoms with van der Waals surface area (Å²) in [7, 11) is 1.50. The molecule has 27 heavy (non-hydrogen) atoms. The number of fused-ring (bicyclic) bond motifs is 1. The highest BCUT2D eigenvalue weighted by atomic mass is 32.2. The average Bonchev–Trinajstić information content (AvgIpc) is 2.97. The summed E-state index contributed by atoms with van der Waals surface area (Å²) in [4.78, 5) is 24.7. The van der Waals surface area contributed by atoms with E-state index in [1.54, 1.807) is 24.3 Å². The van der Waals surface area contributed by atoms with Gasteiger partial charge >= 0.3 is 5.97 Å². The maximum absolute atomic E-state index is 12.6. The lowest BCUT2D eigenvalue weighted by Gasteiger charge is -2.30. The predicted molar refractivity (Wildman–Crippen MR) is 95.7 cm³/mol. The zero-order chi connectivity index (χ0) is 19.7. The standard InChI is InChI=1S/C18H14N4O4S/c1-26-10-4-2-3-9(5-10)15-11(7-19)16(21)22-17(25)13(6-14(23)24)27-18(22)12(15)8-20/h2-5,13,15H,6,21H2,1H3,(H,23,24). The number of aliphatic carboxylic acids is 1. The minimum absolute atomic E-state index is 0.0634. The summed E-state index contributed by atoms with van der Waals surface area (Å²) in [5.74, 6) is -1.96. The third kappa shape index (κ3) is 2.98. The average molecular weight is 382 g/mol. The summed E-state index contributed by atoms with van der Waals surface area (Å²) in [6.07, 6.45) is -0.402. The van der Waals surface area contributed by atoms with E-state index in [-0.39, 0.29) is 22.0 Å². The zero-order valence-corrected chi connectivity index (χ0v) is 15.0. The molecule has 0 bridgehead atoms. The van der Waals surface area contributed by atoms with Crippen LogP contribution in [-0.2, 0) is 9.59 Å². The van der Waals surface area contributed by atoms with Crippen LogP contribution >= 0.6 is 11.8 Å². The molecule has 136 valence electrons. The highest BCUT2D eigenvalue weighted by Crippen LogP contribution is 2.49. The molecule has 1 aromatic carbocycles. The van der Waals surface area contributed by atoms with E-state index in [0.717, 1.165) is 16.7 Å². The van der Waals surface area contributed by atoms with Crippen molar-refractivity contribution >= 4 is 23.6 Å². The smallest absolute Gasteiger partial charge is 0.305 e. The molecule has 2 atom stereocenters. The van der Waals surface area contributed by atoms with E-state index in [0.29, 0.717) is 11.3 Å². The number of carbonyl (C=O) groups excluding carboxylic acids is 1. The maximum atomic E-state index is 12.6. The molecule has 1 saturated heterocycles. The van der Waals surface area contributed by atoms with Crippen molar-refractivity contribution in [3.05, 3.63) is 51.8 Å². The minimum atomic E-state index is -1.13. The van der Waals surface area contributed by atoms with E-state index in [1.807, 2.05) is 6.07 Å². The second-order valence-corrected chi connectivity index (χ2v) is 7.02. The minimum Gasteiger partial charge on any atom is -0.497 e. The Hall–Kier alpha value is -3.43. The van der Waals surface area contributed by atoms with Gasteiger partial charge in [0.05, 0.1) is 47.8 Å². The first kappa shape index (κ1) is 18.4. The Kier molecular flexibility index (Phi) is 4.80. The summed E-state index contributed by atoms with van der Waals surface area (Å²) in [6, 6.07) is 11.0. The highest BCUT2D eigenvalue weighted by molar-refractivity contribution is 8.04. The summed E-state index contributed by atoms with van der Waals surface area (Å²) >= 11 is 0.986. The fraction of sp³-hybridized carbons (Fsp3) is 0.222. The van der Waals surface area contributed by atoms with Crippen LogP contribution in [0.15, 0.2) is 46.3 Å². The van der Waals surface area contributed by atoms with Crippen molar-refractivity contribution in [2.45, 2.75) is 17.6 Å². The molecule has 0 spiro atoms. The van der Waals surface area contributed by atoms with Crippen LogP contribution in [0.5, 0.6) is 5.75 Å². The lowest BCUT2D eigenvalue weighted by atomic mass is 9.83. The Labute approximate surface area is 159 Å². The van der Waals surface area contributed by atoms with Gasteiger partial charge in [-0.1, -0.05) is 23.9 Å². The number of hydrogen-bond donors (Lipinski definition) is 2. The summed E-state index contributed by atoms with van der Waals surface area (Å²) in [6.45, 7) is 0. The van der Waals surface area contributed by atoms with Gasteiger partial charge in [0.1, 0.15) is 16.8 Å². The number of hydrogen-bond acceptors (Lipinski definition) is 7. The van der Waals surface area contributed by atoms with Gasteiger partial charge in [0, 0.05) is 0 Å². The van der Waals surface area contributed by atoms with Crippen LogP contribution in [0.3, 0.4) is 0 Å². The number of amides is 1. The number of carboxylic acids is 1. The van der Waals surface area contributed by atoms with Crippen LogP contribution in [0.25, 0.3) is 0 Å². The van der Waals surface area contributed by atoms with E-state index in [9.17, 15) is 20.1 Å². The van der Waals surface area contributed by atoms with Crippen LogP contribution in [0.4, 0.5) is 0 Å². The fourth-order valence-electron chi connectivity index (χ4n) is 3.11. The number of rotatable bonds is 4. The summed E-state index contributed by atoms with van der Waals surface area (Å²) in [5.41, 5.74) is 6.96. The summed E-state index contributed by atoms with van der Waals surface area (Å²) in [5, 5.41) is 27.8. The number of methoxy groups -OCH3 is 1. The lowest BCUT2D eigenvalue weighted by molar-refractivity contribution is -0.139. The topological polar surface area (TPSA) is 140 Å². The van der Waals surface area contributed by atoms with Crippen molar-refractivity contribution in [1.82, 2.24) is 4.90 Å². The molecule has 1 aromatic rings. The number of nitriles is 2. The van der Waals surface area contributed by atoms with Crippen LogP contribution in [0.1, 0.15) is 17.9 Å². The molecular weight excluding hydrogens is 368 g/mol. The molecular formula is C18H14N4O4S. The zero-order valence-electron chi connectivity index (χ0n) is 14.2. The van der Waals surface area contributed by atoms with Gasteiger partial charge in [-0.25, -0.2) is 0 Å². The first-order valence-corrected chi connectivity index (χ1v) is 8.71. The monoisotopic (exact) mass is 382 g/mol. The number of benzene rings is 1. The van der Waals surface area contributed by atoms with Crippen molar-refractivity contribution in [2.24, 2.45) is 5.73 Å². The van der Waals surface area contributed by atoms with Crippen molar-refractivity contribution in [2.75, 3.05) is 7.11 Å². The predicted octanol–water partition coefficient (Wildman–Crippen LogP) is 1.64. The van der Waals surface area contributed by atoms with Gasteiger partial charge in [-0.05, 0) is 17.7 Å². The van der Waals surface area contributed by atoms with E-state index in [1.165, 1.54) is 7.11 Å². The Morgan fingerprint density at radius 2 is 2.07 bits per heavy atom. The molecule has 1 amide bonds. The molecule has 3 N–H and O–H groups in total. The largest absolute Gasteiger partial charge is 0.497 e. The van der Waals surface area contributed by atoms with Gasteiger partial charge in [0.2, 0.25) is 5.91 Å². The molecule has 0 saturated carbocycles. The van der Waals surface area contributed by atoms with Crippen molar-refractivity contribution in [3.8, 4) is 17.9 Å². The van der Waals surface area contributed by atoms with E-state index in [4.69, 9.17) is 15.6 Å². The van der Waals surface area contributed by atoms with E-state index >= 15 is 0 Å². The molecule has 0 aliphatic carbocycles. The second-order valence-electron chi connectivity index (χ2n) is 5.83. The molecule has 1 fully saturated rings. The first-order chi connectivity index (χ1) is 12.9. The maximum Gasteiger partial charge on any atom is 0.305 e.